The third-order valence-corrected chi connectivity index (χ3v) is 6.19. The Morgan fingerprint density at radius 2 is 1.97 bits per heavy atom. The fourth-order valence-corrected chi connectivity index (χ4v) is 4.51. The summed E-state index contributed by atoms with van der Waals surface area (Å²) >= 11 is 11.9. The van der Waals surface area contributed by atoms with Gasteiger partial charge in [0.05, 0.1) is 18.1 Å². The number of allylic oxidation sites excluding steroid dienone is 3. The number of hydrogen-bond donors (Lipinski definition) is 2. The zero-order valence-corrected chi connectivity index (χ0v) is 16.5. The van der Waals surface area contributed by atoms with Gasteiger partial charge in [-0.25, -0.2) is 9.07 Å². The summed E-state index contributed by atoms with van der Waals surface area (Å²) in [6, 6.07) is 7.26. The van der Waals surface area contributed by atoms with E-state index in [-0.39, 0.29) is 18.2 Å². The van der Waals surface area contributed by atoms with Crippen molar-refractivity contribution in [3.8, 4) is 0 Å². The summed E-state index contributed by atoms with van der Waals surface area (Å²) in [4.78, 5) is 25.6. The summed E-state index contributed by atoms with van der Waals surface area (Å²) in [5.74, 6) is -0.289. The van der Waals surface area contributed by atoms with Crippen LogP contribution in [0.5, 0.6) is 0 Å². The molecule has 5 rings (SSSR count). The number of anilines is 1. The molecule has 1 aromatic heterocycles. The molecule has 1 fully saturated rings. The number of benzene rings is 1. The Bertz CT molecular complexity index is 1110. The molecular weight excluding hydrogens is 418 g/mol. The Morgan fingerprint density at radius 1 is 1.21 bits per heavy atom. The number of amides is 2. The van der Waals surface area contributed by atoms with Crippen LogP contribution in [0.3, 0.4) is 0 Å². The van der Waals surface area contributed by atoms with E-state index >= 15 is 0 Å². The van der Waals surface area contributed by atoms with Crippen molar-refractivity contribution < 1.29 is 14.0 Å². The monoisotopic (exact) mass is 432 g/mol. The van der Waals surface area contributed by atoms with Crippen LogP contribution in [0.25, 0.3) is 0 Å². The van der Waals surface area contributed by atoms with Crippen molar-refractivity contribution in [1.29, 1.82) is 0 Å². The van der Waals surface area contributed by atoms with Gasteiger partial charge in [0.2, 0.25) is 11.8 Å². The number of halogens is 3. The fraction of sp³-hybridized carbons (Fsp3) is 0.250. The third kappa shape index (κ3) is 2.72. The van der Waals surface area contributed by atoms with Crippen molar-refractivity contribution in [2.24, 2.45) is 0 Å². The van der Waals surface area contributed by atoms with E-state index in [1.807, 2.05) is 12.1 Å². The lowest BCUT2D eigenvalue weighted by Crippen LogP contribution is -2.44. The third-order valence-electron chi connectivity index (χ3n) is 5.57. The molecule has 3 heterocycles. The molecule has 6 nitrogen and oxygen atoms in total. The van der Waals surface area contributed by atoms with Crippen LogP contribution in [0.15, 0.2) is 53.9 Å². The van der Waals surface area contributed by atoms with Gasteiger partial charge in [0.15, 0.2) is 0 Å². The molecule has 0 radical (unpaired) electrons. The van der Waals surface area contributed by atoms with Crippen molar-refractivity contribution in [2.45, 2.75) is 29.9 Å². The summed E-state index contributed by atoms with van der Waals surface area (Å²) in [6.07, 6.45) is 2.81. The van der Waals surface area contributed by atoms with E-state index in [0.29, 0.717) is 34.2 Å². The van der Waals surface area contributed by atoms with E-state index in [4.69, 9.17) is 23.2 Å². The molecule has 0 bridgehead atoms. The number of fused-ring (bicyclic) bond motifs is 4. The Kier molecular flexibility index (Phi) is 4.08. The number of nitrogens with one attached hydrogen (secondary N) is 2. The highest BCUT2D eigenvalue weighted by Crippen LogP contribution is 2.50. The molecule has 2 aromatic rings. The minimum absolute atomic E-state index is 0.124. The number of carbonyl (C=O) groups excluding carboxylic acids is 2. The lowest BCUT2D eigenvalue weighted by Gasteiger charge is -2.33. The van der Waals surface area contributed by atoms with Gasteiger partial charge in [0.1, 0.15) is 17.4 Å². The normalized spacial score (nSPS) is 27.7. The highest BCUT2D eigenvalue weighted by Gasteiger charge is 2.57. The van der Waals surface area contributed by atoms with Crippen molar-refractivity contribution in [2.75, 3.05) is 5.32 Å². The Balaban J connectivity index is 1.62. The average molecular weight is 433 g/mol. The smallest absolute Gasteiger partial charge is 0.240 e. The molecule has 1 saturated heterocycles. The zero-order valence-electron chi connectivity index (χ0n) is 15.0. The second-order valence-corrected chi connectivity index (χ2v) is 8.27. The van der Waals surface area contributed by atoms with E-state index in [2.05, 4.69) is 15.7 Å². The van der Waals surface area contributed by atoms with Crippen LogP contribution < -0.4 is 10.6 Å². The summed E-state index contributed by atoms with van der Waals surface area (Å²) in [5, 5.41) is 9.73. The largest absolute Gasteiger partial charge is 0.325 e. The first kappa shape index (κ1) is 18.4. The zero-order chi connectivity index (χ0) is 20.3. The molecule has 2 N–H and O–H groups in total. The fourth-order valence-electron chi connectivity index (χ4n) is 4.18. The average Bonchev–Trinajstić information content (AvgIpc) is 3.18. The Morgan fingerprint density at radius 3 is 2.72 bits per heavy atom. The van der Waals surface area contributed by atoms with E-state index < -0.39 is 17.0 Å². The summed E-state index contributed by atoms with van der Waals surface area (Å²) in [6.45, 7) is 0.377. The first-order valence-corrected chi connectivity index (χ1v) is 9.84. The maximum atomic E-state index is 14.4. The van der Waals surface area contributed by atoms with E-state index in [1.165, 1.54) is 12.2 Å². The quantitative estimate of drug-likeness (QED) is 0.715. The highest BCUT2D eigenvalue weighted by molar-refractivity contribution is 6.30. The van der Waals surface area contributed by atoms with Gasteiger partial charge in [-0.15, -0.1) is 11.6 Å². The SMILES string of the molecule is O=C1CC2(C(=O)NC3=C[C@@H](Cl)C(F)C=C32)c2cnn(Cc3ccc(Cl)cc3)c2N1. The van der Waals surface area contributed by atoms with Gasteiger partial charge in [-0.05, 0) is 35.4 Å². The lowest BCUT2D eigenvalue weighted by molar-refractivity contribution is -0.127. The van der Waals surface area contributed by atoms with Gasteiger partial charge in [0.25, 0.3) is 0 Å². The Labute approximate surface area is 175 Å². The molecule has 2 unspecified atom stereocenters. The molecule has 9 heteroatoms. The van der Waals surface area contributed by atoms with E-state index in [9.17, 15) is 14.0 Å². The van der Waals surface area contributed by atoms with Gasteiger partial charge in [-0.3, -0.25) is 9.59 Å². The highest BCUT2D eigenvalue weighted by atomic mass is 35.5. The molecule has 1 aromatic carbocycles. The van der Waals surface area contributed by atoms with Gasteiger partial charge in [0, 0.05) is 22.7 Å². The molecule has 1 spiro atoms. The number of alkyl halides is 2. The van der Waals surface area contributed by atoms with Crippen LogP contribution in [0.2, 0.25) is 5.02 Å². The molecule has 3 aliphatic rings. The molecule has 0 saturated carbocycles. The molecular formula is C20H15Cl2FN4O2. The second-order valence-electron chi connectivity index (χ2n) is 7.32. The predicted octanol–water partition coefficient (Wildman–Crippen LogP) is 3.06. The van der Waals surface area contributed by atoms with Crippen molar-refractivity contribution in [3.63, 3.8) is 0 Å². The summed E-state index contributed by atoms with van der Waals surface area (Å²) < 4.78 is 16.0. The minimum atomic E-state index is -1.45. The van der Waals surface area contributed by atoms with Gasteiger partial charge in [-0.1, -0.05) is 23.7 Å². The number of aromatic nitrogens is 2. The molecule has 3 atom stereocenters. The van der Waals surface area contributed by atoms with E-state index in [0.717, 1.165) is 5.56 Å². The first-order chi connectivity index (χ1) is 13.9. The van der Waals surface area contributed by atoms with Crippen LogP contribution in [-0.2, 0) is 21.5 Å². The van der Waals surface area contributed by atoms with Crippen LogP contribution in [0, 0.1) is 0 Å². The van der Waals surface area contributed by atoms with Crippen molar-refractivity contribution in [1.82, 2.24) is 15.1 Å². The molecule has 148 valence electrons. The standard InChI is InChI=1S/C20H15Cl2FN4O2/c21-11-3-1-10(2-4-11)9-27-18-13(8-24-27)20(7-17(28)26-18)12-5-15(23)14(22)6-16(12)25-19(20)29/h1-6,8,14-15H,7,9H2,(H,25,29)(H,26,28)/t14-,15?,20?/m1/s1. The molecule has 29 heavy (non-hydrogen) atoms. The minimum Gasteiger partial charge on any atom is -0.325 e. The lowest BCUT2D eigenvalue weighted by atomic mass is 9.70. The summed E-state index contributed by atoms with van der Waals surface area (Å²) in [7, 11) is 0. The molecule has 2 amide bonds. The maximum Gasteiger partial charge on any atom is 0.240 e. The summed E-state index contributed by atoms with van der Waals surface area (Å²) in [5.41, 5.74) is 1.04. The Hall–Kier alpha value is -2.64. The second kappa shape index (κ2) is 6.43. The number of hydrogen-bond acceptors (Lipinski definition) is 3. The van der Waals surface area contributed by atoms with Crippen LogP contribution in [0.4, 0.5) is 10.2 Å². The number of carbonyl (C=O) groups is 2. The van der Waals surface area contributed by atoms with Crippen LogP contribution in [-0.4, -0.2) is 33.1 Å². The van der Waals surface area contributed by atoms with Crippen LogP contribution >= 0.6 is 23.2 Å². The van der Waals surface area contributed by atoms with Gasteiger partial charge < -0.3 is 10.6 Å². The predicted molar refractivity (Wildman–Crippen MR) is 107 cm³/mol. The van der Waals surface area contributed by atoms with Crippen LogP contribution in [0.1, 0.15) is 17.5 Å². The van der Waals surface area contributed by atoms with Crippen molar-refractivity contribution in [3.05, 3.63) is 70.0 Å². The van der Waals surface area contributed by atoms with Gasteiger partial charge >= 0.3 is 0 Å². The van der Waals surface area contributed by atoms with Gasteiger partial charge in [-0.2, -0.15) is 5.10 Å². The molecule has 2 aliphatic heterocycles. The maximum absolute atomic E-state index is 14.4. The number of nitrogens with zero attached hydrogens (tertiary/aromatic N) is 2. The van der Waals surface area contributed by atoms with Crippen molar-refractivity contribution >= 4 is 40.8 Å². The molecule has 1 aliphatic carbocycles. The number of rotatable bonds is 2. The topological polar surface area (TPSA) is 76.0 Å². The first-order valence-electron chi connectivity index (χ1n) is 9.03. The van der Waals surface area contributed by atoms with E-state index in [1.54, 1.807) is 23.0 Å².